The lowest BCUT2D eigenvalue weighted by Gasteiger charge is -2.11. The van der Waals surface area contributed by atoms with Crippen LogP contribution in [0.5, 0.6) is 11.5 Å². The number of aryl methyl sites for hydroxylation is 1. The maximum Gasteiger partial charge on any atom is 0.269 e. The third-order valence-corrected chi connectivity index (χ3v) is 6.45. The van der Waals surface area contributed by atoms with Crippen LogP contribution in [-0.2, 0) is 14.8 Å². The number of fused-ring (bicyclic) bond motifs is 1. The van der Waals surface area contributed by atoms with Crippen molar-refractivity contribution in [1.82, 2.24) is 8.96 Å². The number of nitrogens with zero attached hydrogens (tertiary/aromatic N) is 3. The zero-order valence-corrected chi connectivity index (χ0v) is 18.4. The molecular weight excluding hydrogens is 447 g/mol. The van der Waals surface area contributed by atoms with Gasteiger partial charge in [0, 0.05) is 31.1 Å². The maximum atomic E-state index is 14.6. The fourth-order valence-corrected chi connectivity index (χ4v) is 4.57. The summed E-state index contributed by atoms with van der Waals surface area (Å²) in [6, 6.07) is 13.5. The monoisotopic (exact) mass is 464 g/mol. The number of carbonyl (C=O) groups excluding carboxylic acids is 1. The molecule has 0 unspecified atom stereocenters. The number of anilines is 1. The molecule has 1 N–H and O–H groups in total. The van der Waals surface area contributed by atoms with Gasteiger partial charge in [0.25, 0.3) is 10.0 Å². The summed E-state index contributed by atoms with van der Waals surface area (Å²) in [5.41, 5.74) is 1.11. The van der Waals surface area contributed by atoms with Gasteiger partial charge >= 0.3 is 0 Å². The zero-order chi connectivity index (χ0) is 23.8. The van der Waals surface area contributed by atoms with Crippen LogP contribution in [-0.4, -0.2) is 23.3 Å². The van der Waals surface area contributed by atoms with Gasteiger partial charge in [0.1, 0.15) is 11.8 Å². The quantitative estimate of drug-likeness (QED) is 0.470. The third-order valence-electron chi connectivity index (χ3n) is 4.79. The molecule has 2 aromatic carbocycles. The minimum atomic E-state index is -4.05. The average Bonchev–Trinajstić information content (AvgIpc) is 3.16. The Bertz CT molecular complexity index is 1540. The van der Waals surface area contributed by atoms with E-state index in [0.29, 0.717) is 0 Å². The molecule has 0 saturated heterocycles. The third kappa shape index (κ3) is 4.14. The second-order valence-electron chi connectivity index (χ2n) is 7.20. The Labute approximate surface area is 188 Å². The molecule has 8 nitrogen and oxygen atoms in total. The van der Waals surface area contributed by atoms with Crippen molar-refractivity contribution in [2.24, 2.45) is 0 Å². The molecule has 2 heterocycles. The van der Waals surface area contributed by atoms with Gasteiger partial charge in [-0.05, 0) is 37.3 Å². The van der Waals surface area contributed by atoms with Gasteiger partial charge in [0.05, 0.1) is 15.8 Å². The molecule has 0 spiro atoms. The average molecular weight is 464 g/mol. The van der Waals surface area contributed by atoms with Gasteiger partial charge in [0.2, 0.25) is 5.91 Å². The van der Waals surface area contributed by atoms with Crippen LogP contribution in [0.3, 0.4) is 0 Å². The molecule has 166 valence electrons. The van der Waals surface area contributed by atoms with Gasteiger partial charge in [-0.1, -0.05) is 17.7 Å². The first-order valence-corrected chi connectivity index (χ1v) is 11.1. The number of aromatic nitrogens is 2. The van der Waals surface area contributed by atoms with Crippen LogP contribution in [0, 0.1) is 24.1 Å². The molecule has 0 aliphatic heterocycles. The summed E-state index contributed by atoms with van der Waals surface area (Å²) < 4.78 is 47.6. The Hall–Kier alpha value is -4.23. The topological polar surface area (TPSA) is 114 Å². The second kappa shape index (κ2) is 8.37. The molecule has 4 rings (SSSR count). The zero-order valence-electron chi connectivity index (χ0n) is 17.5. The van der Waals surface area contributed by atoms with Crippen molar-refractivity contribution in [3.8, 4) is 17.6 Å². The van der Waals surface area contributed by atoms with E-state index in [0.717, 1.165) is 21.8 Å². The molecule has 0 aliphatic rings. The molecule has 10 heteroatoms. The molecule has 0 bridgehead atoms. The number of benzene rings is 2. The molecule has 4 aromatic rings. The number of nitrogens with one attached hydrogen (secondary N) is 1. The van der Waals surface area contributed by atoms with Gasteiger partial charge in [-0.3, -0.25) is 4.79 Å². The van der Waals surface area contributed by atoms with E-state index in [4.69, 9.17) is 4.74 Å². The van der Waals surface area contributed by atoms with Crippen LogP contribution in [0.25, 0.3) is 11.0 Å². The highest BCUT2D eigenvalue weighted by molar-refractivity contribution is 7.90. The highest BCUT2D eigenvalue weighted by Crippen LogP contribution is 2.35. The standard InChI is InChI=1S/C23H17FN4O4S/c1-14-3-6-18(7-4-14)33(30,31)28-13-16(12-25)22-21(9-10-26-23(22)28)32-20-8-5-17(11-19(20)24)27-15(2)29/h3-11,13H,1-2H3,(H,27,29). The van der Waals surface area contributed by atoms with E-state index in [9.17, 15) is 22.9 Å². The van der Waals surface area contributed by atoms with E-state index in [-0.39, 0.29) is 44.6 Å². The van der Waals surface area contributed by atoms with Gasteiger partial charge < -0.3 is 10.1 Å². The van der Waals surface area contributed by atoms with Crippen molar-refractivity contribution in [1.29, 1.82) is 5.26 Å². The fourth-order valence-electron chi connectivity index (χ4n) is 3.26. The Balaban J connectivity index is 1.81. The van der Waals surface area contributed by atoms with E-state index >= 15 is 0 Å². The first kappa shape index (κ1) is 22.0. The summed E-state index contributed by atoms with van der Waals surface area (Å²) in [5, 5.41) is 12.2. The Morgan fingerprint density at radius 2 is 1.88 bits per heavy atom. The van der Waals surface area contributed by atoms with Gasteiger partial charge in [0.15, 0.2) is 17.2 Å². The maximum absolute atomic E-state index is 14.6. The molecule has 0 aliphatic carbocycles. The number of nitriles is 1. The minimum Gasteiger partial charge on any atom is -0.453 e. The number of halogens is 1. The minimum absolute atomic E-state index is 0.000869. The number of hydrogen-bond donors (Lipinski definition) is 1. The van der Waals surface area contributed by atoms with Gasteiger partial charge in [-0.25, -0.2) is 21.8 Å². The highest BCUT2D eigenvalue weighted by atomic mass is 32.2. The summed E-state index contributed by atoms with van der Waals surface area (Å²) >= 11 is 0. The van der Waals surface area contributed by atoms with Gasteiger partial charge in [-0.2, -0.15) is 5.26 Å². The number of pyridine rings is 1. The van der Waals surface area contributed by atoms with E-state index in [1.807, 2.05) is 13.0 Å². The summed E-state index contributed by atoms with van der Waals surface area (Å²) in [6.07, 6.45) is 2.47. The van der Waals surface area contributed by atoms with E-state index in [1.165, 1.54) is 43.5 Å². The van der Waals surface area contributed by atoms with Crippen molar-refractivity contribution in [3.63, 3.8) is 0 Å². The first-order chi connectivity index (χ1) is 15.7. The van der Waals surface area contributed by atoms with Crippen molar-refractivity contribution >= 4 is 32.7 Å². The molecule has 1 amide bonds. The summed E-state index contributed by atoms with van der Waals surface area (Å²) in [7, 11) is -4.05. The van der Waals surface area contributed by atoms with Crippen LogP contribution >= 0.6 is 0 Å². The molecule has 0 saturated carbocycles. The lowest BCUT2D eigenvalue weighted by atomic mass is 10.2. The summed E-state index contributed by atoms with van der Waals surface area (Å²) in [6.45, 7) is 3.14. The summed E-state index contributed by atoms with van der Waals surface area (Å²) in [4.78, 5) is 15.3. The molecule has 0 radical (unpaired) electrons. The molecule has 33 heavy (non-hydrogen) atoms. The molecule has 0 atom stereocenters. The largest absolute Gasteiger partial charge is 0.453 e. The van der Waals surface area contributed by atoms with Crippen LogP contribution in [0.2, 0.25) is 0 Å². The second-order valence-corrected chi connectivity index (χ2v) is 9.02. The number of rotatable bonds is 5. The summed E-state index contributed by atoms with van der Waals surface area (Å²) in [5.74, 6) is -1.22. The lowest BCUT2D eigenvalue weighted by Crippen LogP contribution is -2.12. The van der Waals surface area contributed by atoms with Crippen LogP contribution in [0.4, 0.5) is 10.1 Å². The number of amides is 1. The molecular formula is C23H17FN4O4S. The Kier molecular flexibility index (Phi) is 5.57. The van der Waals surface area contributed by atoms with E-state index in [2.05, 4.69) is 10.3 Å². The fraction of sp³-hybridized carbons (Fsp3) is 0.0870. The predicted octanol–water partition coefficient (Wildman–Crippen LogP) is 4.34. The van der Waals surface area contributed by atoms with Crippen molar-refractivity contribution in [2.75, 3.05) is 5.32 Å². The van der Waals surface area contributed by atoms with Gasteiger partial charge in [-0.15, -0.1) is 0 Å². The van der Waals surface area contributed by atoms with Crippen molar-refractivity contribution < 1.29 is 22.3 Å². The predicted molar refractivity (Wildman–Crippen MR) is 119 cm³/mol. The smallest absolute Gasteiger partial charge is 0.269 e. The van der Waals surface area contributed by atoms with E-state index in [1.54, 1.807) is 12.1 Å². The number of ether oxygens (including phenoxy) is 1. The van der Waals surface area contributed by atoms with Crippen LogP contribution in [0.1, 0.15) is 18.1 Å². The van der Waals surface area contributed by atoms with Crippen molar-refractivity contribution in [2.45, 2.75) is 18.7 Å². The molecule has 2 aromatic heterocycles. The van der Waals surface area contributed by atoms with Crippen LogP contribution in [0.15, 0.2) is 65.8 Å². The number of hydrogen-bond acceptors (Lipinski definition) is 6. The Morgan fingerprint density at radius 3 is 2.52 bits per heavy atom. The normalized spacial score (nSPS) is 11.2. The SMILES string of the molecule is CC(=O)Nc1ccc(Oc2ccnc3c2c(C#N)cn3S(=O)(=O)c2ccc(C)cc2)c(F)c1. The van der Waals surface area contributed by atoms with Crippen LogP contribution < -0.4 is 10.1 Å². The van der Waals surface area contributed by atoms with Crippen molar-refractivity contribution in [3.05, 3.63) is 77.9 Å². The molecule has 0 fully saturated rings. The lowest BCUT2D eigenvalue weighted by molar-refractivity contribution is -0.114. The van der Waals surface area contributed by atoms with E-state index < -0.39 is 15.8 Å². The Morgan fingerprint density at radius 1 is 1.15 bits per heavy atom. The first-order valence-electron chi connectivity index (χ1n) is 9.68. The number of carbonyl (C=O) groups is 1. The highest BCUT2D eigenvalue weighted by Gasteiger charge is 2.24.